The number of hydrogen-bond donors (Lipinski definition) is 1. The van der Waals surface area contributed by atoms with Crippen LogP contribution in [0.1, 0.15) is 26.2 Å². The summed E-state index contributed by atoms with van der Waals surface area (Å²) in [6.07, 6.45) is 1.04. The number of nitrogens with zero attached hydrogens (tertiary/aromatic N) is 1. The highest BCUT2D eigenvalue weighted by atomic mass is 16.8. The maximum Gasteiger partial charge on any atom is 0.274 e. The number of rotatable bonds is 7. The van der Waals surface area contributed by atoms with E-state index in [0.717, 1.165) is 0 Å². The predicted octanol–water partition coefficient (Wildman–Crippen LogP) is 1.60. The van der Waals surface area contributed by atoms with E-state index in [2.05, 4.69) is 6.58 Å². The summed E-state index contributed by atoms with van der Waals surface area (Å²) in [6, 6.07) is 0. The second-order valence-corrected chi connectivity index (χ2v) is 4.47. The Balaban J connectivity index is 2.74. The zero-order chi connectivity index (χ0) is 15.1. The Morgan fingerprint density at radius 3 is 2.75 bits per heavy atom. The lowest BCUT2D eigenvalue weighted by molar-refractivity contribution is -0.442. The summed E-state index contributed by atoms with van der Waals surface area (Å²) < 4.78 is 16.1. The van der Waals surface area contributed by atoms with Gasteiger partial charge in [0.2, 0.25) is 0 Å². The topological polar surface area (TPSA) is 91.1 Å². The number of nitro groups is 1. The van der Waals surface area contributed by atoms with Gasteiger partial charge in [-0.15, -0.1) is 0 Å². The fourth-order valence-electron chi connectivity index (χ4n) is 2.03. The van der Waals surface area contributed by atoms with Crippen molar-refractivity contribution in [1.29, 1.82) is 0 Å². The third-order valence-electron chi connectivity index (χ3n) is 3.01. The summed E-state index contributed by atoms with van der Waals surface area (Å²) in [5.74, 6) is 0. The van der Waals surface area contributed by atoms with E-state index in [0.29, 0.717) is 12.8 Å². The summed E-state index contributed by atoms with van der Waals surface area (Å²) in [5.41, 5.74) is -0.0832. The van der Waals surface area contributed by atoms with Crippen LogP contribution >= 0.6 is 0 Å². The number of aliphatic hydroxyl groups excluding tert-OH is 1. The van der Waals surface area contributed by atoms with E-state index in [4.69, 9.17) is 14.2 Å². The van der Waals surface area contributed by atoms with Crippen LogP contribution in [-0.4, -0.2) is 41.9 Å². The predicted molar refractivity (Wildman–Crippen MR) is 71.3 cm³/mol. The van der Waals surface area contributed by atoms with Gasteiger partial charge < -0.3 is 19.3 Å². The van der Waals surface area contributed by atoms with E-state index < -0.39 is 29.7 Å². The molecule has 1 aliphatic rings. The molecular formula is C13H21NO6. The van der Waals surface area contributed by atoms with Crippen LogP contribution in [0.25, 0.3) is 0 Å². The SMILES string of the molecule is C=C/C=C(\C(CC)O[C@H]1C[C@@H](O)C[C@@H](OC)O1)[N+](=O)[O-]. The first-order valence-corrected chi connectivity index (χ1v) is 6.50. The lowest BCUT2D eigenvalue weighted by Gasteiger charge is -2.33. The van der Waals surface area contributed by atoms with Crippen LogP contribution in [0.4, 0.5) is 0 Å². The van der Waals surface area contributed by atoms with Gasteiger partial charge >= 0.3 is 0 Å². The Kier molecular flexibility index (Phi) is 6.80. The van der Waals surface area contributed by atoms with E-state index in [1.54, 1.807) is 6.92 Å². The van der Waals surface area contributed by atoms with Crippen LogP contribution in [0.15, 0.2) is 24.4 Å². The van der Waals surface area contributed by atoms with Crippen LogP contribution in [0.5, 0.6) is 0 Å². The number of ether oxygens (including phenoxy) is 3. The molecule has 7 nitrogen and oxygen atoms in total. The van der Waals surface area contributed by atoms with Gasteiger partial charge in [-0.05, 0) is 6.42 Å². The molecule has 0 amide bonds. The normalized spacial score (nSPS) is 28.9. The molecule has 1 saturated heterocycles. The molecule has 0 spiro atoms. The smallest absolute Gasteiger partial charge is 0.274 e. The summed E-state index contributed by atoms with van der Waals surface area (Å²) >= 11 is 0. The van der Waals surface area contributed by atoms with E-state index >= 15 is 0 Å². The molecule has 0 aliphatic carbocycles. The molecule has 1 N–H and O–H groups in total. The minimum Gasteiger partial charge on any atom is -0.393 e. The first-order valence-electron chi connectivity index (χ1n) is 6.50. The third-order valence-corrected chi connectivity index (χ3v) is 3.01. The monoisotopic (exact) mass is 287 g/mol. The van der Waals surface area contributed by atoms with Gasteiger partial charge in [0.15, 0.2) is 18.7 Å². The largest absolute Gasteiger partial charge is 0.393 e. The quantitative estimate of drug-likeness (QED) is 0.434. The van der Waals surface area contributed by atoms with E-state index in [1.165, 1.54) is 19.3 Å². The summed E-state index contributed by atoms with van der Waals surface area (Å²) in [5, 5.41) is 20.7. The molecule has 4 atom stereocenters. The second-order valence-electron chi connectivity index (χ2n) is 4.47. The number of hydrogen-bond acceptors (Lipinski definition) is 6. The molecule has 1 unspecified atom stereocenters. The van der Waals surface area contributed by atoms with Crippen LogP contribution < -0.4 is 0 Å². The highest BCUT2D eigenvalue weighted by Crippen LogP contribution is 2.24. The van der Waals surface area contributed by atoms with Crippen molar-refractivity contribution >= 4 is 0 Å². The van der Waals surface area contributed by atoms with E-state index in [9.17, 15) is 15.2 Å². The van der Waals surface area contributed by atoms with Crippen LogP contribution in [0.3, 0.4) is 0 Å². The third kappa shape index (κ3) is 4.68. The van der Waals surface area contributed by atoms with Gasteiger partial charge in [-0.3, -0.25) is 10.1 Å². The van der Waals surface area contributed by atoms with Crippen LogP contribution in [-0.2, 0) is 14.2 Å². The van der Waals surface area contributed by atoms with Gasteiger partial charge in [0.05, 0.1) is 11.0 Å². The van der Waals surface area contributed by atoms with Gasteiger partial charge in [0, 0.05) is 26.0 Å². The van der Waals surface area contributed by atoms with Crippen molar-refractivity contribution in [2.45, 2.75) is 51.0 Å². The molecule has 0 bridgehead atoms. The van der Waals surface area contributed by atoms with Crippen LogP contribution in [0, 0.1) is 10.1 Å². The zero-order valence-electron chi connectivity index (χ0n) is 11.7. The molecule has 0 aromatic rings. The maximum absolute atomic E-state index is 11.0. The van der Waals surface area contributed by atoms with Crippen LogP contribution in [0.2, 0.25) is 0 Å². The van der Waals surface area contributed by atoms with Crippen molar-refractivity contribution < 1.29 is 24.2 Å². The van der Waals surface area contributed by atoms with Crippen molar-refractivity contribution in [1.82, 2.24) is 0 Å². The van der Waals surface area contributed by atoms with Gasteiger partial charge in [-0.2, -0.15) is 0 Å². The molecule has 1 aliphatic heterocycles. The van der Waals surface area contributed by atoms with Gasteiger partial charge in [0.1, 0.15) is 0 Å². The standard InChI is InChI=1S/C13H21NO6/c1-4-6-10(14(16)17)11(5-2)19-13-8-9(15)7-12(18-3)20-13/h4,6,9,11-13,15H,1,5,7-8H2,2-3H3/b10-6+/t9-,11?,12-,13+/m0/s1. The molecule has 114 valence electrons. The lowest BCUT2D eigenvalue weighted by atomic mass is 10.1. The summed E-state index contributed by atoms with van der Waals surface area (Å²) in [4.78, 5) is 10.5. The average molecular weight is 287 g/mol. The highest BCUT2D eigenvalue weighted by molar-refractivity contribution is 5.08. The van der Waals surface area contributed by atoms with Crippen molar-refractivity contribution in [2.75, 3.05) is 7.11 Å². The summed E-state index contributed by atoms with van der Waals surface area (Å²) in [7, 11) is 1.47. The molecule has 1 heterocycles. The Hall–Kier alpha value is -1.28. The zero-order valence-corrected chi connectivity index (χ0v) is 11.7. The first kappa shape index (κ1) is 16.8. The highest BCUT2D eigenvalue weighted by Gasteiger charge is 2.33. The Morgan fingerprint density at radius 1 is 1.60 bits per heavy atom. The van der Waals surface area contributed by atoms with E-state index in [-0.39, 0.29) is 12.1 Å². The molecule has 0 aromatic carbocycles. The minimum absolute atomic E-state index is 0.0832. The van der Waals surface area contributed by atoms with Gasteiger partial charge in [-0.25, -0.2) is 0 Å². The van der Waals surface area contributed by atoms with Crippen molar-refractivity contribution in [2.24, 2.45) is 0 Å². The van der Waals surface area contributed by atoms with E-state index in [1.807, 2.05) is 0 Å². The second kappa shape index (κ2) is 8.11. The fourth-order valence-corrected chi connectivity index (χ4v) is 2.03. The maximum atomic E-state index is 11.0. The molecule has 0 radical (unpaired) electrons. The van der Waals surface area contributed by atoms with Crippen molar-refractivity contribution in [3.63, 3.8) is 0 Å². The Labute approximate surface area is 118 Å². The molecule has 7 heteroatoms. The molecule has 0 saturated carbocycles. The number of aliphatic hydroxyl groups is 1. The fraction of sp³-hybridized carbons (Fsp3) is 0.692. The Morgan fingerprint density at radius 2 is 2.25 bits per heavy atom. The molecular weight excluding hydrogens is 266 g/mol. The Bertz CT molecular complexity index is 370. The molecule has 0 aromatic heterocycles. The van der Waals surface area contributed by atoms with Crippen molar-refractivity contribution in [3.05, 3.63) is 34.5 Å². The molecule has 20 heavy (non-hydrogen) atoms. The molecule has 1 fully saturated rings. The van der Waals surface area contributed by atoms with Gasteiger partial charge in [-0.1, -0.05) is 19.6 Å². The summed E-state index contributed by atoms with van der Waals surface area (Å²) in [6.45, 7) is 5.23. The number of allylic oxidation sites excluding steroid dienone is 2. The van der Waals surface area contributed by atoms with Gasteiger partial charge in [0.25, 0.3) is 5.70 Å². The number of methoxy groups -OCH3 is 1. The van der Waals surface area contributed by atoms with Crippen molar-refractivity contribution in [3.8, 4) is 0 Å². The lowest BCUT2D eigenvalue weighted by Crippen LogP contribution is -2.40. The average Bonchev–Trinajstić information content (AvgIpc) is 2.41. The molecule has 1 rings (SSSR count). The first-order chi connectivity index (χ1) is 9.51. The minimum atomic E-state index is -0.734.